The van der Waals surface area contributed by atoms with E-state index < -0.39 is 0 Å². The Morgan fingerprint density at radius 2 is 1.91 bits per heavy atom. The van der Waals surface area contributed by atoms with Gasteiger partial charge in [0.1, 0.15) is 0 Å². The molecule has 1 aromatic carbocycles. The van der Waals surface area contributed by atoms with E-state index >= 15 is 0 Å². The van der Waals surface area contributed by atoms with Gasteiger partial charge in [0.2, 0.25) is 0 Å². The second-order valence-corrected chi connectivity index (χ2v) is 6.83. The first kappa shape index (κ1) is 14.9. The number of likely N-dealkylation sites (tertiary alicyclic amines) is 1. The van der Waals surface area contributed by atoms with Crippen molar-refractivity contribution >= 4 is 0 Å². The standard InChI is InChI=1S/C19H25N3O/c1-20-9-10-23-19-15-22(14-18(19)20)13-17-7-8-21(12-17)11-16-5-3-2-4-6-16/h2-8,12,18-19H,9-11,13-15H2,1H3. The SMILES string of the molecule is CN1CCOC2CN(Cc3ccn(Cc4ccccc4)c3)CC21. The second kappa shape index (κ2) is 6.48. The summed E-state index contributed by atoms with van der Waals surface area (Å²) in [5, 5.41) is 0. The van der Waals surface area contributed by atoms with E-state index in [-0.39, 0.29) is 0 Å². The van der Waals surface area contributed by atoms with E-state index in [0.717, 1.165) is 39.3 Å². The number of benzene rings is 1. The van der Waals surface area contributed by atoms with Gasteiger partial charge in [-0.3, -0.25) is 9.80 Å². The van der Waals surface area contributed by atoms with Crippen LogP contribution in [0, 0.1) is 0 Å². The van der Waals surface area contributed by atoms with Gasteiger partial charge in [-0.2, -0.15) is 0 Å². The van der Waals surface area contributed by atoms with E-state index in [9.17, 15) is 0 Å². The molecule has 2 fully saturated rings. The number of fused-ring (bicyclic) bond motifs is 1. The Bertz CT molecular complexity index is 639. The minimum Gasteiger partial charge on any atom is -0.374 e. The molecule has 0 spiro atoms. The molecule has 2 atom stereocenters. The van der Waals surface area contributed by atoms with Crippen molar-refractivity contribution in [3.63, 3.8) is 0 Å². The number of hydrogen-bond acceptors (Lipinski definition) is 3. The molecule has 2 aliphatic heterocycles. The molecule has 0 radical (unpaired) electrons. The van der Waals surface area contributed by atoms with Crippen LogP contribution in [0.1, 0.15) is 11.1 Å². The third kappa shape index (κ3) is 3.34. The van der Waals surface area contributed by atoms with Crippen LogP contribution in [0.5, 0.6) is 0 Å². The fourth-order valence-corrected chi connectivity index (χ4v) is 3.80. The minimum absolute atomic E-state index is 0.389. The molecule has 2 unspecified atom stereocenters. The number of hydrogen-bond donors (Lipinski definition) is 0. The summed E-state index contributed by atoms with van der Waals surface area (Å²) in [5.41, 5.74) is 2.74. The summed E-state index contributed by atoms with van der Waals surface area (Å²) in [6, 6.07) is 13.4. The van der Waals surface area contributed by atoms with E-state index in [4.69, 9.17) is 4.74 Å². The van der Waals surface area contributed by atoms with Gasteiger partial charge in [-0.15, -0.1) is 0 Å². The molecule has 2 saturated heterocycles. The summed E-state index contributed by atoms with van der Waals surface area (Å²) in [7, 11) is 2.22. The maximum absolute atomic E-state index is 5.94. The highest BCUT2D eigenvalue weighted by molar-refractivity contribution is 5.17. The molecule has 4 heteroatoms. The van der Waals surface area contributed by atoms with Crippen molar-refractivity contribution < 1.29 is 4.74 Å². The number of morpholine rings is 1. The Morgan fingerprint density at radius 3 is 2.74 bits per heavy atom. The van der Waals surface area contributed by atoms with Gasteiger partial charge in [0.25, 0.3) is 0 Å². The number of aromatic nitrogens is 1. The fraction of sp³-hybridized carbons (Fsp3) is 0.474. The highest BCUT2D eigenvalue weighted by atomic mass is 16.5. The molecule has 0 amide bonds. The highest BCUT2D eigenvalue weighted by Crippen LogP contribution is 2.23. The molecular weight excluding hydrogens is 286 g/mol. The summed E-state index contributed by atoms with van der Waals surface area (Å²) < 4.78 is 8.21. The van der Waals surface area contributed by atoms with Gasteiger partial charge < -0.3 is 9.30 Å². The maximum Gasteiger partial charge on any atom is 0.0869 e. The van der Waals surface area contributed by atoms with Crippen LogP contribution in [-0.4, -0.2) is 59.8 Å². The topological polar surface area (TPSA) is 20.6 Å². The third-order valence-corrected chi connectivity index (χ3v) is 5.08. The molecular formula is C19H25N3O. The summed E-state index contributed by atoms with van der Waals surface area (Å²) in [4.78, 5) is 4.98. The van der Waals surface area contributed by atoms with Gasteiger partial charge in [0.15, 0.2) is 0 Å². The van der Waals surface area contributed by atoms with E-state index in [1.54, 1.807) is 0 Å². The number of likely N-dealkylation sites (N-methyl/N-ethyl adjacent to an activating group) is 1. The van der Waals surface area contributed by atoms with Gasteiger partial charge in [0.05, 0.1) is 12.7 Å². The van der Waals surface area contributed by atoms with Crippen molar-refractivity contribution in [2.75, 3.05) is 33.3 Å². The maximum atomic E-state index is 5.94. The monoisotopic (exact) mass is 311 g/mol. The largest absolute Gasteiger partial charge is 0.374 e. The zero-order chi connectivity index (χ0) is 15.6. The lowest BCUT2D eigenvalue weighted by Gasteiger charge is -2.33. The molecule has 4 nitrogen and oxygen atoms in total. The van der Waals surface area contributed by atoms with Gasteiger partial charge in [-0.1, -0.05) is 30.3 Å². The molecule has 0 N–H and O–H groups in total. The zero-order valence-corrected chi connectivity index (χ0v) is 13.8. The first-order valence-electron chi connectivity index (χ1n) is 8.51. The van der Waals surface area contributed by atoms with Crippen molar-refractivity contribution in [3.8, 4) is 0 Å². The Hall–Kier alpha value is -1.62. The Kier molecular flexibility index (Phi) is 4.21. The van der Waals surface area contributed by atoms with Crippen LogP contribution in [0.2, 0.25) is 0 Å². The van der Waals surface area contributed by atoms with Crippen molar-refractivity contribution in [2.24, 2.45) is 0 Å². The molecule has 2 aromatic rings. The average Bonchev–Trinajstić information content (AvgIpc) is 3.16. The van der Waals surface area contributed by atoms with Crippen molar-refractivity contribution in [2.45, 2.75) is 25.2 Å². The smallest absolute Gasteiger partial charge is 0.0869 e. The quantitative estimate of drug-likeness (QED) is 0.862. The predicted molar refractivity (Wildman–Crippen MR) is 91.4 cm³/mol. The van der Waals surface area contributed by atoms with Gasteiger partial charge in [-0.25, -0.2) is 0 Å². The summed E-state index contributed by atoms with van der Waals surface area (Å²) in [6.07, 6.45) is 4.85. The number of nitrogens with zero attached hydrogens (tertiary/aromatic N) is 3. The summed E-state index contributed by atoms with van der Waals surface area (Å²) >= 11 is 0. The normalized spacial score (nSPS) is 25.6. The Balaban J connectivity index is 1.37. The van der Waals surface area contributed by atoms with Crippen LogP contribution in [0.3, 0.4) is 0 Å². The zero-order valence-electron chi connectivity index (χ0n) is 13.8. The lowest BCUT2D eigenvalue weighted by Crippen LogP contribution is -2.48. The van der Waals surface area contributed by atoms with E-state index in [2.05, 4.69) is 70.2 Å². The van der Waals surface area contributed by atoms with E-state index in [1.165, 1.54) is 11.1 Å². The molecule has 3 heterocycles. The lowest BCUT2D eigenvalue weighted by atomic mass is 10.1. The number of rotatable bonds is 4. The fourth-order valence-electron chi connectivity index (χ4n) is 3.80. The summed E-state index contributed by atoms with van der Waals surface area (Å²) in [5.74, 6) is 0. The molecule has 0 aliphatic carbocycles. The van der Waals surface area contributed by atoms with Crippen LogP contribution in [0.15, 0.2) is 48.8 Å². The van der Waals surface area contributed by atoms with Crippen LogP contribution in [0.25, 0.3) is 0 Å². The van der Waals surface area contributed by atoms with Crippen LogP contribution < -0.4 is 0 Å². The Labute approximate surface area is 138 Å². The molecule has 23 heavy (non-hydrogen) atoms. The van der Waals surface area contributed by atoms with Crippen LogP contribution >= 0.6 is 0 Å². The van der Waals surface area contributed by atoms with Gasteiger partial charge in [-0.05, 0) is 24.2 Å². The predicted octanol–water partition coefficient (Wildman–Crippen LogP) is 2.05. The number of ether oxygens (including phenoxy) is 1. The van der Waals surface area contributed by atoms with Gasteiger partial charge in [0, 0.05) is 51.2 Å². The molecule has 0 bridgehead atoms. The van der Waals surface area contributed by atoms with Crippen molar-refractivity contribution in [3.05, 3.63) is 59.9 Å². The molecule has 4 rings (SSSR count). The van der Waals surface area contributed by atoms with E-state index in [1.807, 2.05) is 0 Å². The minimum atomic E-state index is 0.389. The first-order chi connectivity index (χ1) is 11.3. The van der Waals surface area contributed by atoms with Gasteiger partial charge >= 0.3 is 0 Å². The van der Waals surface area contributed by atoms with E-state index in [0.29, 0.717) is 12.1 Å². The highest BCUT2D eigenvalue weighted by Gasteiger charge is 2.38. The van der Waals surface area contributed by atoms with Crippen molar-refractivity contribution in [1.29, 1.82) is 0 Å². The Morgan fingerprint density at radius 1 is 1.04 bits per heavy atom. The van der Waals surface area contributed by atoms with Crippen LogP contribution in [0.4, 0.5) is 0 Å². The third-order valence-electron chi connectivity index (χ3n) is 5.08. The molecule has 2 aliphatic rings. The average molecular weight is 311 g/mol. The lowest BCUT2D eigenvalue weighted by molar-refractivity contribution is -0.0370. The van der Waals surface area contributed by atoms with Crippen molar-refractivity contribution in [1.82, 2.24) is 14.4 Å². The second-order valence-electron chi connectivity index (χ2n) is 6.83. The summed E-state index contributed by atoms with van der Waals surface area (Å²) in [6.45, 7) is 6.06. The molecule has 1 aromatic heterocycles. The molecule has 0 saturated carbocycles. The first-order valence-corrected chi connectivity index (χ1v) is 8.51. The molecule has 122 valence electrons. The van der Waals surface area contributed by atoms with Crippen LogP contribution in [-0.2, 0) is 17.8 Å².